The smallest absolute Gasteiger partial charge is 0.269 e. The van der Waals surface area contributed by atoms with Crippen molar-refractivity contribution in [3.63, 3.8) is 0 Å². The van der Waals surface area contributed by atoms with Crippen molar-refractivity contribution in [1.82, 2.24) is 14.1 Å². The highest BCUT2D eigenvalue weighted by atomic mass is 16.5. The molecular weight excluding hydrogens is 673 g/mol. The van der Waals surface area contributed by atoms with Gasteiger partial charge in [-0.25, -0.2) is 4.98 Å². The number of ether oxygens (including phenoxy) is 1. The first-order chi connectivity index (χ1) is 26.5. The van der Waals surface area contributed by atoms with Crippen LogP contribution in [-0.4, -0.2) is 14.1 Å². The van der Waals surface area contributed by atoms with E-state index in [0.29, 0.717) is 0 Å². The fourth-order valence-corrected chi connectivity index (χ4v) is 7.59. The lowest BCUT2D eigenvalue weighted by molar-refractivity contribution is -0.572. The first kappa shape index (κ1) is 34.3. The summed E-state index contributed by atoms with van der Waals surface area (Å²) < 4.78 is 13.3. The maximum absolute atomic E-state index is 6.70. The molecule has 5 nitrogen and oxygen atoms in total. The molecular formula is C50H44N4O. The molecule has 9 rings (SSSR count). The van der Waals surface area contributed by atoms with Crippen molar-refractivity contribution >= 4 is 32.8 Å². The molecule has 0 spiro atoms. The van der Waals surface area contributed by atoms with Gasteiger partial charge >= 0.3 is 0 Å². The van der Waals surface area contributed by atoms with Crippen LogP contribution < -0.4 is 9.30 Å². The molecule has 5 heteroatoms. The van der Waals surface area contributed by atoms with Crippen LogP contribution in [0.2, 0.25) is 0 Å². The number of imidazole rings is 1. The van der Waals surface area contributed by atoms with Gasteiger partial charge in [-0.05, 0) is 93.7 Å². The molecule has 3 heterocycles. The molecule has 0 aliphatic rings. The minimum Gasteiger partial charge on any atom is -0.458 e. The van der Waals surface area contributed by atoms with Crippen molar-refractivity contribution in [3.8, 4) is 39.8 Å². The van der Waals surface area contributed by atoms with Crippen molar-refractivity contribution in [2.24, 2.45) is 0 Å². The van der Waals surface area contributed by atoms with Crippen LogP contribution in [0, 0.1) is 6.33 Å². The van der Waals surface area contributed by atoms with Crippen LogP contribution in [0.15, 0.2) is 158 Å². The second-order valence-corrected chi connectivity index (χ2v) is 16.4. The van der Waals surface area contributed by atoms with Gasteiger partial charge in [0.15, 0.2) is 0 Å². The van der Waals surface area contributed by atoms with Gasteiger partial charge < -0.3 is 4.74 Å². The van der Waals surface area contributed by atoms with Crippen LogP contribution in [0.5, 0.6) is 11.5 Å². The molecule has 9 aromatic rings. The second kappa shape index (κ2) is 13.1. The van der Waals surface area contributed by atoms with Crippen LogP contribution in [-0.2, 0) is 10.8 Å². The number of rotatable bonds is 6. The number of aromatic nitrogens is 4. The minimum absolute atomic E-state index is 0.00292. The van der Waals surface area contributed by atoms with Crippen molar-refractivity contribution in [2.45, 2.75) is 52.4 Å². The van der Waals surface area contributed by atoms with Gasteiger partial charge in [-0.15, -0.1) is 0 Å². The number of hydrogen-bond acceptors (Lipinski definition) is 2. The van der Waals surface area contributed by atoms with Crippen molar-refractivity contribution in [2.75, 3.05) is 0 Å². The number of para-hydroxylation sites is 2. The average molecular weight is 717 g/mol. The summed E-state index contributed by atoms with van der Waals surface area (Å²) in [5.41, 5.74) is 11.1. The summed E-state index contributed by atoms with van der Waals surface area (Å²) in [5, 5.41) is 2.34. The molecule has 0 bridgehead atoms. The third-order valence-electron chi connectivity index (χ3n) is 10.5. The number of hydrogen-bond donors (Lipinski definition) is 0. The molecule has 270 valence electrons. The summed E-state index contributed by atoms with van der Waals surface area (Å²) in [6, 6.07) is 53.4. The van der Waals surface area contributed by atoms with E-state index >= 15 is 0 Å². The predicted octanol–water partition coefficient (Wildman–Crippen LogP) is 12.3. The number of benzene rings is 6. The highest BCUT2D eigenvalue weighted by molar-refractivity contribution is 6.09. The lowest BCUT2D eigenvalue weighted by Gasteiger charge is -2.20. The summed E-state index contributed by atoms with van der Waals surface area (Å²) in [4.78, 5) is 4.86. The van der Waals surface area contributed by atoms with Crippen LogP contribution in [0.3, 0.4) is 0 Å². The maximum Gasteiger partial charge on any atom is 0.269 e. The van der Waals surface area contributed by atoms with E-state index in [-0.39, 0.29) is 10.8 Å². The quantitative estimate of drug-likeness (QED) is 0.127. The molecule has 0 aliphatic heterocycles. The van der Waals surface area contributed by atoms with E-state index in [0.717, 1.165) is 67.3 Å². The molecule has 0 fully saturated rings. The van der Waals surface area contributed by atoms with Crippen LogP contribution in [0.1, 0.15) is 52.7 Å². The SMILES string of the molecule is CC(C)(C)c1cccc(-[n+]2[c-]n(-c3cccc(Oc4ccc5c6ccccc6n(-c6cc(C(C)(C)C)ccn6)c5c4)c3)c3cccc(-c4ccccc4)c32)c1. The van der Waals surface area contributed by atoms with Gasteiger partial charge in [-0.2, -0.15) is 0 Å². The molecule has 0 N–H and O–H groups in total. The van der Waals surface area contributed by atoms with E-state index in [9.17, 15) is 0 Å². The van der Waals surface area contributed by atoms with Crippen LogP contribution in [0.4, 0.5) is 0 Å². The topological polar surface area (TPSA) is 35.9 Å². The number of pyridine rings is 1. The Bertz CT molecular complexity index is 2870. The zero-order valence-electron chi connectivity index (χ0n) is 32.2. The molecule has 0 amide bonds. The maximum atomic E-state index is 6.70. The molecule has 0 saturated heterocycles. The third kappa shape index (κ3) is 6.26. The van der Waals surface area contributed by atoms with Gasteiger partial charge in [-0.3, -0.25) is 13.7 Å². The lowest BCUT2D eigenvalue weighted by atomic mass is 9.87. The summed E-state index contributed by atoms with van der Waals surface area (Å²) in [5.74, 6) is 2.38. The van der Waals surface area contributed by atoms with E-state index in [2.05, 4.69) is 201 Å². The predicted molar refractivity (Wildman–Crippen MR) is 225 cm³/mol. The van der Waals surface area contributed by atoms with Gasteiger partial charge in [0, 0.05) is 23.0 Å². The number of nitrogens with zero attached hydrogens (tertiary/aromatic N) is 4. The third-order valence-corrected chi connectivity index (χ3v) is 10.5. The Hall–Kier alpha value is -6.46. The lowest BCUT2D eigenvalue weighted by Crippen LogP contribution is -2.30. The minimum atomic E-state index is -0.00292. The van der Waals surface area contributed by atoms with Crippen LogP contribution in [0.25, 0.3) is 61.2 Å². The molecule has 0 unspecified atom stereocenters. The first-order valence-electron chi connectivity index (χ1n) is 19.0. The summed E-state index contributed by atoms with van der Waals surface area (Å²) in [6.07, 6.45) is 5.66. The summed E-state index contributed by atoms with van der Waals surface area (Å²) in [7, 11) is 0. The first-order valence-corrected chi connectivity index (χ1v) is 19.0. The Morgan fingerprint density at radius 2 is 1.25 bits per heavy atom. The van der Waals surface area contributed by atoms with Gasteiger partial charge in [0.05, 0.1) is 33.4 Å². The van der Waals surface area contributed by atoms with E-state index in [1.807, 2.05) is 18.3 Å². The Balaban J connectivity index is 1.16. The Morgan fingerprint density at radius 3 is 2.07 bits per heavy atom. The van der Waals surface area contributed by atoms with Crippen molar-refractivity contribution in [1.29, 1.82) is 0 Å². The largest absolute Gasteiger partial charge is 0.458 e. The van der Waals surface area contributed by atoms with Crippen molar-refractivity contribution in [3.05, 3.63) is 175 Å². The van der Waals surface area contributed by atoms with Crippen LogP contribution >= 0.6 is 0 Å². The normalized spacial score (nSPS) is 12.2. The van der Waals surface area contributed by atoms with Gasteiger partial charge in [0.25, 0.3) is 6.33 Å². The van der Waals surface area contributed by atoms with E-state index in [1.165, 1.54) is 16.5 Å². The Morgan fingerprint density at radius 1 is 0.564 bits per heavy atom. The Kier molecular flexibility index (Phi) is 8.20. The molecule has 3 aromatic heterocycles. The van der Waals surface area contributed by atoms with E-state index in [1.54, 1.807) is 0 Å². The molecule has 0 atom stereocenters. The molecule has 6 aromatic carbocycles. The zero-order valence-corrected chi connectivity index (χ0v) is 32.2. The number of fused-ring (bicyclic) bond motifs is 4. The fraction of sp³-hybridized carbons (Fsp3) is 0.160. The molecule has 0 aliphatic carbocycles. The molecule has 0 radical (unpaired) electrons. The fourth-order valence-electron chi connectivity index (χ4n) is 7.59. The highest BCUT2D eigenvalue weighted by Crippen LogP contribution is 2.37. The van der Waals surface area contributed by atoms with Gasteiger partial charge in [0.1, 0.15) is 17.3 Å². The highest BCUT2D eigenvalue weighted by Gasteiger charge is 2.21. The van der Waals surface area contributed by atoms with E-state index < -0.39 is 0 Å². The van der Waals surface area contributed by atoms with Gasteiger partial charge in [-0.1, -0.05) is 126 Å². The van der Waals surface area contributed by atoms with Gasteiger partial charge in [0.2, 0.25) is 0 Å². The Labute approximate surface area is 322 Å². The summed E-state index contributed by atoms with van der Waals surface area (Å²) in [6.45, 7) is 13.5. The summed E-state index contributed by atoms with van der Waals surface area (Å²) >= 11 is 0. The zero-order chi connectivity index (χ0) is 37.9. The monoisotopic (exact) mass is 716 g/mol. The standard InChI is InChI=1S/C50H44N4O/c1-49(2,3)35-17-12-18-37(29-35)53-33-52(45-24-14-22-41(48(45)53)34-15-8-7-9-16-34)38-19-13-20-39(31-38)55-40-25-26-43-42-21-10-11-23-44(42)54(46(43)32-40)47-30-36(27-28-51-47)50(4,5)6/h7-32H,1-6H3. The second-order valence-electron chi connectivity index (χ2n) is 16.4. The molecule has 0 saturated carbocycles. The average Bonchev–Trinajstić information content (AvgIpc) is 3.74. The molecule has 55 heavy (non-hydrogen) atoms. The van der Waals surface area contributed by atoms with Crippen molar-refractivity contribution < 1.29 is 9.30 Å². The van der Waals surface area contributed by atoms with E-state index in [4.69, 9.17) is 9.72 Å².